The molecule has 12 aromatic rings. The lowest BCUT2D eigenvalue weighted by atomic mass is 9.78. The minimum atomic E-state index is -0.550. The largest absolute Gasteiger partial charge is 0.388 e. The highest BCUT2D eigenvalue weighted by molar-refractivity contribution is 5.72. The highest BCUT2D eigenvalue weighted by Gasteiger charge is 2.45. The molecule has 0 unspecified atom stereocenters. The van der Waals surface area contributed by atoms with Crippen molar-refractivity contribution in [1.82, 2.24) is 78.1 Å². The molecule has 20 nitrogen and oxygen atoms in total. The Balaban J connectivity index is 0.0000000939. The van der Waals surface area contributed by atoms with E-state index in [1.165, 1.54) is 44.5 Å². The molecule has 0 fully saturated rings. The number of aliphatic hydroxyl groups is 4. The molecule has 0 amide bonds. The van der Waals surface area contributed by atoms with Gasteiger partial charge in [-0.2, -0.15) is 0 Å². The van der Waals surface area contributed by atoms with Gasteiger partial charge < -0.3 is 38.7 Å². The topological polar surface area (TPSA) is 255 Å². The molecule has 0 spiro atoms. The molecular formula is C72H64N16O4. The summed E-state index contributed by atoms with van der Waals surface area (Å²) in [5, 5.41) is 43.8. The predicted octanol–water partition coefficient (Wildman–Crippen LogP) is 10.2. The average Bonchev–Trinajstić information content (AvgIpc) is 1.62. The fourth-order valence-electron chi connectivity index (χ4n) is 16.6. The van der Waals surface area contributed by atoms with Crippen LogP contribution in [0.1, 0.15) is 142 Å². The van der Waals surface area contributed by atoms with Gasteiger partial charge in [-0.25, -0.2) is 59.8 Å². The van der Waals surface area contributed by atoms with E-state index in [4.69, 9.17) is 0 Å². The van der Waals surface area contributed by atoms with Gasteiger partial charge in [0, 0.05) is 116 Å². The minimum Gasteiger partial charge on any atom is -0.388 e. The van der Waals surface area contributed by atoms with E-state index >= 15 is 0 Å². The first-order valence-electron chi connectivity index (χ1n) is 31.7. The lowest BCUT2D eigenvalue weighted by Gasteiger charge is -2.34. The van der Waals surface area contributed by atoms with Crippen LogP contribution in [-0.4, -0.2) is 98.5 Å². The molecule has 456 valence electrons. The number of aromatic nitrogens is 16. The zero-order chi connectivity index (χ0) is 61.6. The van der Waals surface area contributed by atoms with E-state index < -0.39 is 24.4 Å². The van der Waals surface area contributed by atoms with Crippen LogP contribution in [0.4, 0.5) is 0 Å². The third-order valence-corrected chi connectivity index (χ3v) is 20.8. The van der Waals surface area contributed by atoms with E-state index in [2.05, 4.69) is 175 Å². The van der Waals surface area contributed by atoms with E-state index in [9.17, 15) is 20.4 Å². The molecular weight excluding hydrogens is 1150 g/mol. The fourth-order valence-corrected chi connectivity index (χ4v) is 16.6. The van der Waals surface area contributed by atoms with Crippen LogP contribution < -0.4 is 0 Å². The second-order valence-electron chi connectivity index (χ2n) is 25.2. The minimum absolute atomic E-state index is 0.102. The van der Waals surface area contributed by atoms with Crippen LogP contribution in [-0.2, 0) is 25.7 Å². The van der Waals surface area contributed by atoms with Crippen molar-refractivity contribution >= 4 is 0 Å². The Kier molecular flexibility index (Phi) is 14.0. The number of imidazole rings is 4. The van der Waals surface area contributed by atoms with Crippen molar-refractivity contribution in [3.8, 4) is 45.0 Å². The van der Waals surface area contributed by atoms with E-state index in [1.54, 1.807) is 50.1 Å². The summed E-state index contributed by atoms with van der Waals surface area (Å²) in [5.74, 6) is 0.408. The van der Waals surface area contributed by atoms with Gasteiger partial charge in [-0.05, 0) is 73.6 Å². The van der Waals surface area contributed by atoms with E-state index in [0.29, 0.717) is 0 Å². The van der Waals surface area contributed by atoms with Gasteiger partial charge in [-0.3, -0.25) is 0 Å². The Morgan fingerprint density at radius 2 is 0.500 bits per heavy atom. The van der Waals surface area contributed by atoms with Gasteiger partial charge in [0.2, 0.25) is 0 Å². The van der Waals surface area contributed by atoms with Crippen LogP contribution in [0.25, 0.3) is 45.0 Å². The third-order valence-electron chi connectivity index (χ3n) is 20.8. The van der Waals surface area contributed by atoms with Crippen molar-refractivity contribution in [2.75, 3.05) is 0 Å². The predicted molar refractivity (Wildman–Crippen MR) is 338 cm³/mol. The molecule has 12 atom stereocenters. The summed E-state index contributed by atoms with van der Waals surface area (Å²) in [4.78, 5) is 50.9. The van der Waals surface area contributed by atoms with Crippen LogP contribution >= 0.6 is 0 Å². The van der Waals surface area contributed by atoms with E-state index in [-0.39, 0.29) is 47.8 Å². The summed E-state index contributed by atoms with van der Waals surface area (Å²) in [6.07, 6.45) is 33.4. The monoisotopic (exact) mass is 1220 g/mol. The van der Waals surface area contributed by atoms with Gasteiger partial charge in [0.1, 0.15) is 25.3 Å². The molecule has 0 bridgehead atoms. The summed E-state index contributed by atoms with van der Waals surface area (Å²) in [7, 11) is 0. The normalized spacial score (nSPS) is 24.8. The molecule has 0 radical (unpaired) electrons. The van der Waals surface area contributed by atoms with Crippen LogP contribution in [0.3, 0.4) is 0 Å². The summed E-state index contributed by atoms with van der Waals surface area (Å²) < 4.78 is 8.81. The summed E-state index contributed by atoms with van der Waals surface area (Å²) in [6, 6.07) is 34.1. The Bertz CT molecular complexity index is 4140. The van der Waals surface area contributed by atoms with Gasteiger partial charge in [0.15, 0.2) is 0 Å². The smallest absolute Gasteiger partial charge is 0.115 e. The molecule has 4 aliphatic heterocycles. The second-order valence-corrected chi connectivity index (χ2v) is 25.2. The Labute approximate surface area is 529 Å². The van der Waals surface area contributed by atoms with Crippen molar-refractivity contribution in [2.24, 2.45) is 23.7 Å². The number of fused-ring (bicyclic) bond motifs is 16. The highest BCUT2D eigenvalue weighted by atomic mass is 16.3. The zero-order valence-corrected chi connectivity index (χ0v) is 50.0. The Morgan fingerprint density at radius 1 is 0.272 bits per heavy atom. The van der Waals surface area contributed by atoms with Gasteiger partial charge >= 0.3 is 0 Å². The molecule has 20 rings (SSSR count). The summed E-state index contributed by atoms with van der Waals surface area (Å²) in [6.45, 7) is 0. The number of hydrogen-bond acceptors (Lipinski definition) is 16. The molecule has 8 aromatic heterocycles. The zero-order valence-electron chi connectivity index (χ0n) is 50.0. The highest BCUT2D eigenvalue weighted by Crippen LogP contribution is 2.54. The van der Waals surface area contributed by atoms with Gasteiger partial charge in [-0.1, -0.05) is 97.1 Å². The summed E-state index contributed by atoms with van der Waals surface area (Å²) >= 11 is 0. The molecule has 4 aliphatic carbocycles. The molecule has 20 heteroatoms. The molecule has 12 heterocycles. The number of nitrogens with zero attached hydrogens (tertiary/aromatic N) is 16. The van der Waals surface area contributed by atoms with Crippen molar-refractivity contribution in [2.45, 2.75) is 99.9 Å². The number of rotatable bonds is 4. The molecule has 0 saturated heterocycles. The van der Waals surface area contributed by atoms with Crippen LogP contribution in [0.2, 0.25) is 0 Å². The van der Waals surface area contributed by atoms with Crippen LogP contribution in [0.15, 0.2) is 197 Å². The maximum Gasteiger partial charge on any atom is 0.115 e. The maximum atomic E-state index is 11.0. The number of benzene rings is 4. The number of hydrogen-bond donors (Lipinski definition) is 4. The van der Waals surface area contributed by atoms with Crippen molar-refractivity contribution in [3.05, 3.63) is 265 Å². The first-order valence-corrected chi connectivity index (χ1v) is 31.7. The summed E-state index contributed by atoms with van der Waals surface area (Å²) in [5.41, 5.74) is 21.9. The number of aliphatic hydroxyl groups excluding tert-OH is 4. The SMILES string of the molecule is O[C@@H]1c2cncnc2CC[C@@H]1[C@@H]1c2ccccc2-c2cncn21.O[C@@H]1c2cncnc2CC[C@H]1[C@@H]1c2ccccc2-c2cncn21.O[C@H]1c2cncnc2CC[C@@H]1[C@@H]1c2ccccc2-c2cncn21.O[C@H]1c2cncnc2CC[C@H]1[C@H]1c2ccccc2-c2cncn21. The number of aryl methyl sites for hydroxylation is 4. The lowest BCUT2D eigenvalue weighted by molar-refractivity contribution is 0.0704. The fraction of sp³-hybridized carbons (Fsp3) is 0.278. The van der Waals surface area contributed by atoms with E-state index in [1.807, 2.05) is 50.1 Å². The first kappa shape index (κ1) is 55.9. The second kappa shape index (κ2) is 23.0. The molecule has 8 aliphatic rings. The van der Waals surface area contributed by atoms with Crippen molar-refractivity contribution < 1.29 is 20.4 Å². The quantitative estimate of drug-likeness (QED) is 0.128. The molecule has 4 N–H and O–H groups in total. The van der Waals surface area contributed by atoms with E-state index in [0.717, 1.165) is 119 Å². The molecule has 0 saturated carbocycles. The third kappa shape index (κ3) is 9.09. The first-order chi connectivity index (χ1) is 45.4. The Morgan fingerprint density at radius 3 is 0.739 bits per heavy atom. The Hall–Kier alpha value is -10.1. The van der Waals surface area contributed by atoms with Crippen molar-refractivity contribution in [3.63, 3.8) is 0 Å². The van der Waals surface area contributed by atoms with Crippen molar-refractivity contribution in [1.29, 1.82) is 0 Å². The standard InChI is InChI=1S/4C18H16N4O/c4*23-18-13(5-6-15-14(18)7-19-9-21-15)17-12-4-2-1-3-11(12)16-8-20-10-22(16)17/h4*1-4,7-10,13,17-18,23H,5-6H2/t2*13-,17+,18+;13-,17+,18-;13-,17-,18-/m1010/s1. The average molecular weight is 1220 g/mol. The molecule has 4 aromatic carbocycles. The van der Waals surface area contributed by atoms with Crippen LogP contribution in [0.5, 0.6) is 0 Å². The maximum absolute atomic E-state index is 11.0. The van der Waals surface area contributed by atoms with Gasteiger partial charge in [0.25, 0.3) is 0 Å². The van der Waals surface area contributed by atoms with Gasteiger partial charge in [0.05, 0.1) is 121 Å². The van der Waals surface area contributed by atoms with Gasteiger partial charge in [-0.15, -0.1) is 0 Å². The van der Waals surface area contributed by atoms with Crippen LogP contribution in [0, 0.1) is 23.7 Å². The molecule has 92 heavy (non-hydrogen) atoms. The lowest BCUT2D eigenvalue weighted by Crippen LogP contribution is -2.29.